The number of para-hydroxylation sites is 3. The van der Waals surface area contributed by atoms with E-state index in [1.165, 1.54) is 0 Å². The van der Waals surface area contributed by atoms with Crippen LogP contribution in [0.4, 0.5) is 5.69 Å². The van der Waals surface area contributed by atoms with Crippen molar-refractivity contribution in [2.24, 2.45) is 0 Å². The molecule has 0 spiro atoms. The van der Waals surface area contributed by atoms with Crippen LogP contribution in [0.2, 0.25) is 5.02 Å². The predicted octanol–water partition coefficient (Wildman–Crippen LogP) is 6.35. The van der Waals surface area contributed by atoms with Gasteiger partial charge in [-0.1, -0.05) is 65.3 Å². The van der Waals surface area contributed by atoms with Gasteiger partial charge in [0.2, 0.25) is 0 Å². The summed E-state index contributed by atoms with van der Waals surface area (Å²) < 4.78 is 11.2. The number of benzene rings is 3. The molecule has 0 radical (unpaired) electrons. The Hall–Kier alpha value is -3.57. The monoisotopic (exact) mass is 404 g/mol. The smallest absolute Gasteiger partial charge is 0.261 e. The number of carbonyl (C=O) groups excluding carboxylic acids is 1. The maximum Gasteiger partial charge on any atom is 0.261 e. The molecule has 0 fully saturated rings. The topological polar surface area (TPSA) is 64.4 Å². The van der Waals surface area contributed by atoms with Gasteiger partial charge in [-0.2, -0.15) is 0 Å². The summed E-state index contributed by atoms with van der Waals surface area (Å²) >= 11 is 6.29. The summed E-state index contributed by atoms with van der Waals surface area (Å²) in [6.07, 6.45) is 0. The van der Waals surface area contributed by atoms with Crippen LogP contribution in [0.15, 0.2) is 83.4 Å². The van der Waals surface area contributed by atoms with Crippen LogP contribution in [0.3, 0.4) is 0 Å². The van der Waals surface area contributed by atoms with Crippen LogP contribution < -0.4 is 10.1 Å². The van der Waals surface area contributed by atoms with E-state index in [0.29, 0.717) is 44.8 Å². The van der Waals surface area contributed by atoms with Gasteiger partial charge in [0.05, 0.1) is 10.7 Å². The molecule has 5 nitrogen and oxygen atoms in total. The highest BCUT2D eigenvalue weighted by Crippen LogP contribution is 2.33. The van der Waals surface area contributed by atoms with Crippen molar-refractivity contribution < 1.29 is 14.1 Å². The number of aryl methyl sites for hydroxylation is 1. The number of nitrogens with zero attached hydrogens (tertiary/aromatic N) is 1. The highest BCUT2D eigenvalue weighted by Gasteiger charge is 2.23. The van der Waals surface area contributed by atoms with E-state index < -0.39 is 0 Å². The minimum atomic E-state index is -0.359. The Morgan fingerprint density at radius 2 is 1.66 bits per heavy atom. The van der Waals surface area contributed by atoms with Crippen molar-refractivity contribution in [3.63, 3.8) is 0 Å². The SMILES string of the molecule is Cc1onc(-c2ccccc2Cl)c1C(=O)Nc1ccccc1Oc1ccccc1. The average Bonchev–Trinajstić information content (AvgIpc) is 3.12. The molecule has 0 saturated carbocycles. The van der Waals surface area contributed by atoms with Gasteiger partial charge in [-0.3, -0.25) is 4.79 Å². The maximum absolute atomic E-state index is 13.1. The lowest BCUT2D eigenvalue weighted by Gasteiger charge is -2.12. The maximum atomic E-state index is 13.1. The highest BCUT2D eigenvalue weighted by molar-refractivity contribution is 6.33. The first-order chi connectivity index (χ1) is 14.1. The van der Waals surface area contributed by atoms with Crippen molar-refractivity contribution in [1.29, 1.82) is 0 Å². The van der Waals surface area contributed by atoms with E-state index >= 15 is 0 Å². The van der Waals surface area contributed by atoms with E-state index in [4.69, 9.17) is 20.9 Å². The molecule has 0 saturated heterocycles. The molecular formula is C23H17ClN2O3. The first kappa shape index (κ1) is 18.8. The average molecular weight is 405 g/mol. The van der Waals surface area contributed by atoms with Crippen LogP contribution in [0, 0.1) is 6.92 Å². The normalized spacial score (nSPS) is 10.6. The Labute approximate surface area is 172 Å². The molecular weight excluding hydrogens is 388 g/mol. The van der Waals surface area contributed by atoms with Crippen molar-refractivity contribution >= 4 is 23.2 Å². The van der Waals surface area contributed by atoms with Gasteiger partial charge in [0.25, 0.3) is 5.91 Å². The van der Waals surface area contributed by atoms with Gasteiger partial charge in [-0.25, -0.2) is 0 Å². The first-order valence-corrected chi connectivity index (χ1v) is 9.36. The lowest BCUT2D eigenvalue weighted by atomic mass is 10.1. The third kappa shape index (κ3) is 4.00. The van der Waals surface area contributed by atoms with Gasteiger partial charge < -0.3 is 14.6 Å². The van der Waals surface area contributed by atoms with Crippen LogP contribution in [0.25, 0.3) is 11.3 Å². The summed E-state index contributed by atoms with van der Waals surface area (Å²) in [7, 11) is 0. The highest BCUT2D eigenvalue weighted by atomic mass is 35.5. The molecule has 0 aliphatic heterocycles. The zero-order chi connectivity index (χ0) is 20.2. The predicted molar refractivity (Wildman–Crippen MR) is 113 cm³/mol. The van der Waals surface area contributed by atoms with Crippen molar-refractivity contribution in [2.75, 3.05) is 5.32 Å². The molecule has 0 unspecified atom stereocenters. The van der Waals surface area contributed by atoms with E-state index in [2.05, 4.69) is 10.5 Å². The molecule has 1 aromatic heterocycles. The molecule has 0 bridgehead atoms. The van der Waals surface area contributed by atoms with Crippen molar-refractivity contribution in [3.05, 3.63) is 95.2 Å². The zero-order valence-electron chi connectivity index (χ0n) is 15.6. The second-order valence-electron chi connectivity index (χ2n) is 6.31. The van der Waals surface area contributed by atoms with Crippen molar-refractivity contribution in [1.82, 2.24) is 5.16 Å². The second-order valence-corrected chi connectivity index (χ2v) is 6.71. The van der Waals surface area contributed by atoms with Gasteiger partial charge in [-0.05, 0) is 37.3 Å². The lowest BCUT2D eigenvalue weighted by molar-refractivity contribution is 0.102. The lowest BCUT2D eigenvalue weighted by Crippen LogP contribution is -2.14. The largest absolute Gasteiger partial charge is 0.455 e. The Morgan fingerprint density at radius 3 is 2.45 bits per heavy atom. The van der Waals surface area contributed by atoms with Gasteiger partial charge in [0.15, 0.2) is 5.75 Å². The summed E-state index contributed by atoms with van der Waals surface area (Å²) in [6.45, 7) is 1.69. The Kier molecular flexibility index (Phi) is 5.31. The van der Waals surface area contributed by atoms with Gasteiger partial charge in [0, 0.05) is 5.56 Å². The molecule has 1 amide bonds. The number of halogens is 1. The fourth-order valence-corrected chi connectivity index (χ4v) is 3.16. The first-order valence-electron chi connectivity index (χ1n) is 8.98. The van der Waals surface area contributed by atoms with E-state index in [0.717, 1.165) is 0 Å². The Balaban J connectivity index is 1.65. The number of aromatic nitrogens is 1. The van der Waals surface area contributed by atoms with Crippen molar-refractivity contribution in [2.45, 2.75) is 6.92 Å². The molecule has 4 rings (SSSR count). The number of anilines is 1. The number of hydrogen-bond donors (Lipinski definition) is 1. The molecule has 29 heavy (non-hydrogen) atoms. The van der Waals surface area contributed by atoms with E-state index in [1.807, 2.05) is 54.6 Å². The standard InChI is InChI=1S/C23H17ClN2O3/c1-15-21(22(26-29-15)17-11-5-6-12-18(17)24)23(27)25-19-13-7-8-14-20(19)28-16-9-3-2-4-10-16/h2-14H,1H3,(H,25,27). The Bertz CT molecular complexity index is 1160. The molecule has 0 atom stereocenters. The van der Waals surface area contributed by atoms with Crippen LogP contribution >= 0.6 is 11.6 Å². The number of nitrogens with one attached hydrogen (secondary N) is 1. The summed E-state index contributed by atoms with van der Waals surface area (Å²) in [4.78, 5) is 13.1. The van der Waals surface area contributed by atoms with E-state index in [1.54, 1.807) is 31.2 Å². The van der Waals surface area contributed by atoms with Crippen LogP contribution in [-0.2, 0) is 0 Å². The van der Waals surface area contributed by atoms with Crippen LogP contribution in [0.1, 0.15) is 16.1 Å². The summed E-state index contributed by atoms with van der Waals surface area (Å²) in [5, 5.41) is 7.43. The number of ether oxygens (including phenoxy) is 1. The number of amides is 1. The third-order valence-electron chi connectivity index (χ3n) is 4.33. The van der Waals surface area contributed by atoms with E-state index in [-0.39, 0.29) is 5.91 Å². The molecule has 6 heteroatoms. The molecule has 4 aromatic rings. The number of carbonyl (C=O) groups is 1. The summed E-state index contributed by atoms with van der Waals surface area (Å²) in [5.74, 6) is 1.24. The van der Waals surface area contributed by atoms with Gasteiger partial charge >= 0.3 is 0 Å². The fourth-order valence-electron chi connectivity index (χ4n) is 2.94. The molecule has 1 N–H and O–H groups in total. The van der Waals surface area contributed by atoms with Crippen molar-refractivity contribution in [3.8, 4) is 22.8 Å². The van der Waals surface area contributed by atoms with Gasteiger partial charge in [-0.15, -0.1) is 0 Å². The van der Waals surface area contributed by atoms with Crippen LogP contribution in [-0.4, -0.2) is 11.1 Å². The summed E-state index contributed by atoms with van der Waals surface area (Å²) in [5.41, 5.74) is 1.89. The van der Waals surface area contributed by atoms with E-state index in [9.17, 15) is 4.79 Å². The zero-order valence-corrected chi connectivity index (χ0v) is 16.3. The molecule has 144 valence electrons. The molecule has 3 aromatic carbocycles. The Morgan fingerprint density at radius 1 is 0.966 bits per heavy atom. The second kappa shape index (κ2) is 8.20. The van der Waals surface area contributed by atoms with Gasteiger partial charge in [0.1, 0.15) is 22.8 Å². The molecule has 0 aliphatic carbocycles. The fraction of sp³-hybridized carbons (Fsp3) is 0.0435. The minimum Gasteiger partial charge on any atom is -0.455 e. The third-order valence-corrected chi connectivity index (χ3v) is 4.65. The molecule has 0 aliphatic rings. The number of hydrogen-bond acceptors (Lipinski definition) is 4. The molecule has 1 heterocycles. The number of rotatable bonds is 5. The summed E-state index contributed by atoms with van der Waals surface area (Å²) in [6, 6.07) is 23.8. The van der Waals surface area contributed by atoms with Crippen LogP contribution in [0.5, 0.6) is 11.5 Å². The minimum absolute atomic E-state index is 0.326. The quantitative estimate of drug-likeness (QED) is 0.421.